The van der Waals surface area contributed by atoms with E-state index >= 15 is 0 Å². The Bertz CT molecular complexity index is 595. The summed E-state index contributed by atoms with van der Waals surface area (Å²) in [6, 6.07) is 5.36. The van der Waals surface area contributed by atoms with E-state index < -0.39 is 12.0 Å². The first-order chi connectivity index (χ1) is 8.79. The molecule has 0 unspecified atom stereocenters. The Morgan fingerprint density at radius 1 is 1.00 bits per heavy atom. The number of benzene rings is 1. The fourth-order valence-corrected chi connectivity index (χ4v) is 2.22. The maximum Gasteiger partial charge on any atom is 0.451 e. The molecule has 1 aromatic heterocycles. The Hall–Kier alpha value is -1.91. The summed E-state index contributed by atoms with van der Waals surface area (Å²) in [5.41, 5.74) is 3.92. The fraction of sp³-hybridized carbons (Fsp3) is 0.286. The normalized spacial score (nSPS) is 11.7. The number of aromatic nitrogens is 2. The first kappa shape index (κ1) is 13.5. The van der Waals surface area contributed by atoms with Gasteiger partial charge in [-0.05, 0) is 38.0 Å². The Balaban J connectivity index is 2.60. The van der Waals surface area contributed by atoms with Crippen molar-refractivity contribution in [2.75, 3.05) is 0 Å². The third-order valence-corrected chi connectivity index (χ3v) is 2.84. The van der Waals surface area contributed by atoms with Gasteiger partial charge in [0.25, 0.3) is 0 Å². The molecule has 5 heteroatoms. The van der Waals surface area contributed by atoms with Crippen molar-refractivity contribution in [1.82, 2.24) is 9.97 Å². The molecule has 0 radical (unpaired) electrons. The largest absolute Gasteiger partial charge is 0.451 e. The number of hydrogen-bond donors (Lipinski definition) is 0. The minimum atomic E-state index is -4.53. The number of alkyl halides is 3. The van der Waals surface area contributed by atoms with Gasteiger partial charge in [-0.1, -0.05) is 17.7 Å². The zero-order valence-corrected chi connectivity index (χ0v) is 10.8. The summed E-state index contributed by atoms with van der Waals surface area (Å²) in [5, 5.41) is 0. The highest BCUT2D eigenvalue weighted by Gasteiger charge is 2.34. The van der Waals surface area contributed by atoms with Crippen molar-refractivity contribution < 1.29 is 13.2 Å². The van der Waals surface area contributed by atoms with Crippen LogP contribution in [0.15, 0.2) is 24.4 Å². The molecule has 19 heavy (non-hydrogen) atoms. The first-order valence-electron chi connectivity index (χ1n) is 5.77. The number of halogens is 3. The number of nitrogens with zero attached hydrogens (tertiary/aromatic N) is 2. The van der Waals surface area contributed by atoms with Crippen LogP contribution in [0.3, 0.4) is 0 Å². The van der Waals surface area contributed by atoms with Crippen molar-refractivity contribution >= 4 is 0 Å². The van der Waals surface area contributed by atoms with Crippen molar-refractivity contribution in [1.29, 1.82) is 0 Å². The number of hydrogen-bond acceptors (Lipinski definition) is 2. The van der Waals surface area contributed by atoms with Crippen LogP contribution in [-0.4, -0.2) is 9.97 Å². The predicted octanol–water partition coefficient (Wildman–Crippen LogP) is 4.09. The summed E-state index contributed by atoms with van der Waals surface area (Å²) >= 11 is 0. The second-order valence-corrected chi connectivity index (χ2v) is 4.54. The van der Waals surface area contributed by atoms with E-state index in [-0.39, 0.29) is 0 Å². The van der Waals surface area contributed by atoms with Crippen molar-refractivity contribution in [2.24, 2.45) is 0 Å². The highest BCUT2D eigenvalue weighted by molar-refractivity contribution is 5.67. The van der Waals surface area contributed by atoms with Crippen LogP contribution in [0, 0.1) is 20.8 Å². The quantitative estimate of drug-likeness (QED) is 0.777. The Morgan fingerprint density at radius 3 is 2.11 bits per heavy atom. The molecule has 0 saturated heterocycles. The highest BCUT2D eigenvalue weighted by atomic mass is 19.4. The first-order valence-corrected chi connectivity index (χ1v) is 5.77. The van der Waals surface area contributed by atoms with E-state index in [0.29, 0.717) is 5.69 Å². The molecule has 0 atom stereocenters. The maximum atomic E-state index is 12.6. The lowest BCUT2D eigenvalue weighted by Crippen LogP contribution is -2.11. The standard InChI is InChI=1S/C14H13F3N2/c1-8-6-9(2)12(10(3)7-8)11-4-5-18-13(19-11)14(15,16)17/h4-7H,1-3H3. The summed E-state index contributed by atoms with van der Waals surface area (Å²) in [5.74, 6) is -1.11. The second kappa shape index (κ2) is 4.64. The molecule has 100 valence electrons. The molecule has 0 saturated carbocycles. The third kappa shape index (κ3) is 2.75. The predicted molar refractivity (Wildman–Crippen MR) is 66.7 cm³/mol. The molecule has 1 aromatic carbocycles. The highest BCUT2D eigenvalue weighted by Crippen LogP contribution is 2.30. The van der Waals surface area contributed by atoms with Gasteiger partial charge in [0, 0.05) is 11.8 Å². The van der Waals surface area contributed by atoms with Crippen LogP contribution in [-0.2, 0) is 6.18 Å². The molecule has 0 N–H and O–H groups in total. The Morgan fingerprint density at radius 2 is 1.58 bits per heavy atom. The van der Waals surface area contributed by atoms with Gasteiger partial charge >= 0.3 is 6.18 Å². The van der Waals surface area contributed by atoms with Gasteiger partial charge in [0.15, 0.2) is 0 Å². The molecular formula is C14H13F3N2. The number of aryl methyl sites for hydroxylation is 3. The summed E-state index contributed by atoms with van der Waals surface area (Å²) in [7, 11) is 0. The topological polar surface area (TPSA) is 25.8 Å². The molecule has 0 aliphatic rings. The van der Waals surface area contributed by atoms with Gasteiger partial charge in [0.2, 0.25) is 5.82 Å². The van der Waals surface area contributed by atoms with Crippen molar-refractivity contribution in [3.63, 3.8) is 0 Å². The van der Waals surface area contributed by atoms with Gasteiger partial charge in [-0.3, -0.25) is 0 Å². The van der Waals surface area contributed by atoms with Crippen LogP contribution in [0.4, 0.5) is 13.2 Å². The van der Waals surface area contributed by atoms with Gasteiger partial charge in [-0.15, -0.1) is 0 Å². The van der Waals surface area contributed by atoms with E-state index in [9.17, 15) is 13.2 Å². The summed E-state index contributed by atoms with van der Waals surface area (Å²) in [6.07, 6.45) is -3.38. The minimum Gasteiger partial charge on any atom is -0.233 e. The van der Waals surface area contributed by atoms with E-state index in [1.54, 1.807) is 0 Å². The van der Waals surface area contributed by atoms with Crippen molar-refractivity contribution in [3.8, 4) is 11.3 Å². The van der Waals surface area contributed by atoms with Gasteiger partial charge in [-0.25, -0.2) is 9.97 Å². The zero-order chi connectivity index (χ0) is 14.2. The SMILES string of the molecule is Cc1cc(C)c(-c2ccnc(C(F)(F)F)n2)c(C)c1. The summed E-state index contributed by atoms with van der Waals surface area (Å²) < 4.78 is 37.9. The van der Waals surface area contributed by atoms with Crippen LogP contribution in [0.2, 0.25) is 0 Å². The van der Waals surface area contributed by atoms with E-state index in [1.807, 2.05) is 32.9 Å². The van der Waals surface area contributed by atoms with Gasteiger partial charge in [-0.2, -0.15) is 13.2 Å². The lowest BCUT2D eigenvalue weighted by molar-refractivity contribution is -0.144. The van der Waals surface area contributed by atoms with E-state index in [2.05, 4.69) is 9.97 Å². The van der Waals surface area contributed by atoms with E-state index in [0.717, 1.165) is 28.5 Å². The third-order valence-electron chi connectivity index (χ3n) is 2.84. The van der Waals surface area contributed by atoms with Gasteiger partial charge in [0.1, 0.15) is 0 Å². The second-order valence-electron chi connectivity index (χ2n) is 4.54. The van der Waals surface area contributed by atoms with Crippen LogP contribution >= 0.6 is 0 Å². The lowest BCUT2D eigenvalue weighted by atomic mass is 9.97. The van der Waals surface area contributed by atoms with Gasteiger partial charge in [0.05, 0.1) is 5.69 Å². The van der Waals surface area contributed by atoms with E-state index in [1.165, 1.54) is 6.07 Å². The smallest absolute Gasteiger partial charge is 0.233 e. The zero-order valence-electron chi connectivity index (χ0n) is 10.8. The lowest BCUT2D eigenvalue weighted by Gasteiger charge is -2.12. The maximum absolute atomic E-state index is 12.6. The molecule has 2 aromatic rings. The van der Waals surface area contributed by atoms with Gasteiger partial charge < -0.3 is 0 Å². The average Bonchev–Trinajstić information content (AvgIpc) is 2.26. The monoisotopic (exact) mass is 266 g/mol. The molecule has 0 aliphatic heterocycles. The molecule has 0 bridgehead atoms. The van der Waals surface area contributed by atoms with E-state index in [4.69, 9.17) is 0 Å². The summed E-state index contributed by atoms with van der Waals surface area (Å²) in [6.45, 7) is 5.68. The fourth-order valence-electron chi connectivity index (χ4n) is 2.22. The summed E-state index contributed by atoms with van der Waals surface area (Å²) in [4.78, 5) is 6.91. The van der Waals surface area contributed by atoms with Crippen LogP contribution in [0.5, 0.6) is 0 Å². The van der Waals surface area contributed by atoms with Crippen molar-refractivity contribution in [2.45, 2.75) is 26.9 Å². The number of rotatable bonds is 1. The molecule has 0 aliphatic carbocycles. The van der Waals surface area contributed by atoms with Crippen molar-refractivity contribution in [3.05, 3.63) is 46.9 Å². The molecular weight excluding hydrogens is 253 g/mol. The Kier molecular flexibility index (Phi) is 3.30. The molecule has 0 spiro atoms. The molecule has 1 heterocycles. The molecule has 0 amide bonds. The van der Waals surface area contributed by atoms with Crippen LogP contribution in [0.25, 0.3) is 11.3 Å². The molecule has 0 fully saturated rings. The minimum absolute atomic E-state index is 0.303. The molecule has 2 nitrogen and oxygen atoms in total. The molecule has 2 rings (SSSR count). The van der Waals surface area contributed by atoms with Crippen LogP contribution < -0.4 is 0 Å². The van der Waals surface area contributed by atoms with Crippen LogP contribution in [0.1, 0.15) is 22.5 Å². The Labute approximate surface area is 109 Å². The average molecular weight is 266 g/mol.